The Morgan fingerprint density at radius 1 is 0.608 bits per heavy atom. The molecule has 15 atom stereocenters. The van der Waals surface area contributed by atoms with Crippen molar-refractivity contribution in [2.45, 2.75) is 192 Å². The van der Waals surface area contributed by atoms with E-state index in [0.29, 0.717) is 176 Å². The molecule has 0 saturated carbocycles. The van der Waals surface area contributed by atoms with E-state index >= 15 is 0 Å². The number of carboxylic acid groups (broad SMARTS) is 1. The Labute approximate surface area is 764 Å². The molecule has 0 spiro atoms. The molecule has 0 aromatic heterocycles. The number of likely N-dealkylation sites (N-methyl/N-ethyl adjacent to an activating group) is 2. The maximum Gasteiger partial charge on any atom is 0.410 e. The molecule has 0 aliphatic carbocycles. The van der Waals surface area contributed by atoms with E-state index in [-0.39, 0.29) is 100 Å². The Hall–Kier alpha value is -7.57. The monoisotopic (exact) mass is 1860 g/mol. The highest BCUT2D eigenvalue weighted by atomic mass is 16.7. The molecule has 8 amide bonds. The van der Waals surface area contributed by atoms with Gasteiger partial charge in [-0.25, -0.2) is 9.59 Å². The van der Waals surface area contributed by atoms with E-state index in [1.807, 2.05) is 19.9 Å². The number of benzene rings is 2. The quantitative estimate of drug-likeness (QED) is 0.0408. The number of rotatable bonds is 70. The van der Waals surface area contributed by atoms with Gasteiger partial charge in [-0.05, 0) is 60.8 Å². The standard InChI is InChI=1S/C89H149N9O32/c1-14-61(6)76(69(114-12)52-73(102)98-27-18-21-67(98)81(115-13)62(7)83(107)93-63(8)77(103)65-19-16-15-17-20-65)95(9)85(109)74(59(2)3)94-84(108)75(60(4)5)96(10)88(112)127-54-64-22-23-68(129-87-80(106)78(104)79(105)82(130-87)86(110)111)66(51-64)53-92-70(99)24-26-91-71(100)55-128-89(56-90)57-97(58-89)72(101)25-28-116-31-32-118-35-36-120-39-40-122-43-44-124-47-48-126-50-49-125-46-45-123-42-41-121-38-37-119-34-33-117-30-29-113-11/h15-17,19-20,22-23,51,59-63,67,69,74-82,87,103-106H,14,18,21,24-50,52-58,90H2,1-13H3,(H,91,100)(H,92,99)(H,93,107)(H,94,108)(H,110,111)/t61-,62+,63+,67-,69+,74-,75-,76-,77+,78-,79-,80+,81+,82-,87+/m0/s1. The summed E-state index contributed by atoms with van der Waals surface area (Å²) < 4.78 is 100. The summed E-state index contributed by atoms with van der Waals surface area (Å²) in [7, 11) is 7.56. The van der Waals surface area contributed by atoms with E-state index in [0.717, 1.165) is 4.90 Å². The number of methoxy groups -OCH3 is 3. The fraction of sp³-hybridized carbons (Fsp3) is 0.764. The van der Waals surface area contributed by atoms with Gasteiger partial charge in [0.2, 0.25) is 47.6 Å². The molecule has 41 nitrogen and oxygen atoms in total. The minimum atomic E-state index is -2.03. The van der Waals surface area contributed by atoms with Gasteiger partial charge in [0.05, 0.1) is 220 Å². The number of nitrogens with one attached hydrogen (secondary N) is 4. The summed E-state index contributed by atoms with van der Waals surface area (Å²) in [6, 6.07) is 9.10. The lowest BCUT2D eigenvalue weighted by molar-refractivity contribution is -0.271. The van der Waals surface area contributed by atoms with E-state index in [4.69, 9.17) is 91.0 Å². The van der Waals surface area contributed by atoms with E-state index in [1.54, 1.807) is 89.8 Å². The number of carbonyl (C=O) groups is 9. The molecule has 3 fully saturated rings. The highest BCUT2D eigenvalue weighted by Gasteiger charge is 2.50. The van der Waals surface area contributed by atoms with Gasteiger partial charge < -0.3 is 152 Å². The van der Waals surface area contributed by atoms with E-state index in [2.05, 4.69) is 21.3 Å². The van der Waals surface area contributed by atoms with Gasteiger partial charge in [-0.1, -0.05) is 91.3 Å². The number of aliphatic hydroxyl groups excluding tert-OH is 4. The normalized spacial score (nSPS) is 19.4. The van der Waals surface area contributed by atoms with Crippen molar-refractivity contribution in [3.63, 3.8) is 0 Å². The lowest BCUT2D eigenvalue weighted by Gasteiger charge is -2.49. The molecule has 3 aliphatic rings. The van der Waals surface area contributed by atoms with Gasteiger partial charge in [0, 0.05) is 73.6 Å². The molecule has 11 N–H and O–H groups in total. The third-order valence-corrected chi connectivity index (χ3v) is 22.6. The highest BCUT2D eigenvalue weighted by molar-refractivity contribution is 5.92. The Morgan fingerprint density at radius 2 is 1.14 bits per heavy atom. The van der Waals surface area contributed by atoms with Crippen molar-refractivity contribution in [3.8, 4) is 5.75 Å². The van der Waals surface area contributed by atoms with E-state index in [1.165, 1.54) is 44.4 Å². The summed E-state index contributed by atoms with van der Waals surface area (Å²) in [4.78, 5) is 129. The number of nitrogens with two attached hydrogens (primary N) is 1. The minimum Gasteiger partial charge on any atom is -0.479 e. The number of ether oxygens (including phenoxy) is 18. The maximum absolute atomic E-state index is 15.0. The molecule has 3 saturated heterocycles. The first-order chi connectivity index (χ1) is 62.4. The van der Waals surface area contributed by atoms with Crippen LogP contribution in [0.5, 0.6) is 5.75 Å². The van der Waals surface area contributed by atoms with E-state index in [9.17, 15) is 68.7 Å². The van der Waals surface area contributed by atoms with Crippen LogP contribution >= 0.6 is 0 Å². The first kappa shape index (κ1) is 113. The van der Waals surface area contributed by atoms with Crippen LogP contribution in [0.2, 0.25) is 0 Å². The molecule has 41 heteroatoms. The molecule has 0 radical (unpaired) electrons. The summed E-state index contributed by atoms with van der Waals surface area (Å²) in [5.74, 6) is -6.89. The van der Waals surface area contributed by atoms with Gasteiger partial charge in [0.15, 0.2) is 6.10 Å². The molecular formula is C89H149N9O32. The van der Waals surface area contributed by atoms with Crippen molar-refractivity contribution in [2.75, 3.05) is 227 Å². The van der Waals surface area contributed by atoms with Crippen LogP contribution in [0.3, 0.4) is 0 Å². The first-order valence-electron chi connectivity index (χ1n) is 44.9. The van der Waals surface area contributed by atoms with Gasteiger partial charge in [-0.15, -0.1) is 0 Å². The second kappa shape index (κ2) is 62.8. The summed E-state index contributed by atoms with van der Waals surface area (Å²) >= 11 is 0. The Morgan fingerprint density at radius 3 is 1.62 bits per heavy atom. The molecule has 2 aromatic carbocycles. The van der Waals surface area contributed by atoms with Crippen LogP contribution in [-0.2, 0) is 132 Å². The first-order valence-corrected chi connectivity index (χ1v) is 44.9. The Kier molecular flexibility index (Phi) is 54.6. The molecule has 742 valence electrons. The van der Waals surface area contributed by atoms with Crippen molar-refractivity contribution in [2.24, 2.45) is 29.4 Å². The maximum atomic E-state index is 15.0. The molecule has 0 bridgehead atoms. The van der Waals surface area contributed by atoms with Gasteiger partial charge in [0.25, 0.3) is 0 Å². The molecule has 3 aliphatic heterocycles. The van der Waals surface area contributed by atoms with Crippen LogP contribution in [0.1, 0.15) is 117 Å². The molecule has 0 unspecified atom stereocenters. The molecule has 2 aromatic rings. The number of aliphatic hydroxyl groups is 4. The number of hydrogen-bond acceptors (Lipinski definition) is 32. The fourth-order valence-electron chi connectivity index (χ4n) is 14.9. The van der Waals surface area contributed by atoms with Gasteiger partial charge >= 0.3 is 12.1 Å². The number of nitrogens with zero attached hydrogens (tertiary/aromatic N) is 4. The van der Waals surface area contributed by atoms with Crippen LogP contribution in [0.4, 0.5) is 4.79 Å². The zero-order valence-corrected chi connectivity index (χ0v) is 78.2. The summed E-state index contributed by atoms with van der Waals surface area (Å²) in [5, 5.41) is 63.8. The van der Waals surface area contributed by atoms with Crippen molar-refractivity contribution in [1.29, 1.82) is 0 Å². The molecule has 5 rings (SSSR count). The van der Waals surface area contributed by atoms with Crippen LogP contribution in [-0.4, -0.2) is 404 Å². The summed E-state index contributed by atoms with van der Waals surface area (Å²) in [6.45, 7) is 23.3. The van der Waals surface area contributed by atoms with Gasteiger partial charge in [0.1, 0.15) is 55.0 Å². The largest absolute Gasteiger partial charge is 0.479 e. The molecular weight excluding hydrogens is 1710 g/mol. The lowest BCUT2D eigenvalue weighted by atomic mass is 9.89. The predicted molar refractivity (Wildman–Crippen MR) is 469 cm³/mol. The summed E-state index contributed by atoms with van der Waals surface area (Å²) in [6.07, 6.45) is -11.9. The van der Waals surface area contributed by atoms with Crippen molar-refractivity contribution in [1.82, 2.24) is 40.9 Å². The number of carbonyl (C=O) groups excluding carboxylic acids is 8. The van der Waals surface area contributed by atoms with Crippen molar-refractivity contribution in [3.05, 3.63) is 65.2 Å². The average molecular weight is 1860 g/mol. The number of hydrogen-bond donors (Lipinski definition) is 10. The second-order valence-corrected chi connectivity index (χ2v) is 32.9. The van der Waals surface area contributed by atoms with E-state index < -0.39 is 151 Å². The van der Waals surface area contributed by atoms with Crippen LogP contribution in [0, 0.1) is 23.7 Å². The van der Waals surface area contributed by atoms with Crippen LogP contribution < -0.4 is 31.7 Å². The zero-order valence-electron chi connectivity index (χ0n) is 78.2. The third-order valence-electron chi connectivity index (χ3n) is 22.6. The number of aliphatic carboxylic acids is 1. The molecule has 3 heterocycles. The van der Waals surface area contributed by atoms with Crippen molar-refractivity contribution < 1.29 is 154 Å². The zero-order chi connectivity index (χ0) is 95.5. The Balaban J connectivity index is 1.01. The lowest BCUT2D eigenvalue weighted by Crippen LogP contribution is -2.68. The van der Waals surface area contributed by atoms with Gasteiger partial charge in [-0.2, -0.15) is 0 Å². The predicted octanol–water partition coefficient (Wildman–Crippen LogP) is 0.748. The smallest absolute Gasteiger partial charge is 0.410 e. The number of likely N-dealkylation sites (tertiary alicyclic amines) is 2. The SMILES string of the molecule is CC[C@H](C)[C@@H]([C@@H](CC(=O)N1CCC[C@H]1[C@H](OC)[C@@H](C)C(=O)N[C@H](C)[C@@H](O)c1ccccc1)OC)N(C)C(=O)[C@@H](NC(=O)[C@H](C(C)C)N(C)C(=O)OCc1ccc(O[C@@H]2O[C@H](C(=O)O)[C@@H](O)[C@H](O)[C@H]2O)c(CNC(=O)CCNC(=O)COC2(CN)CN(C(=O)CCOCCOCCOCCOCCOCCOCCOCCOCCOCCOCCOCCOC)C2)c1)C(C)C. The second-order valence-electron chi connectivity index (χ2n) is 32.9. The van der Waals surface area contributed by atoms with Crippen molar-refractivity contribution >= 4 is 53.4 Å². The Bertz CT molecular complexity index is 3580. The number of amides is 8. The molecule has 130 heavy (non-hydrogen) atoms. The third kappa shape index (κ3) is 39.2. The fourth-order valence-corrected chi connectivity index (χ4v) is 14.9. The van der Waals surface area contributed by atoms with Gasteiger partial charge in [-0.3, -0.25) is 38.5 Å². The minimum absolute atomic E-state index is 0.00696. The van der Waals surface area contributed by atoms with Crippen LogP contribution in [0.25, 0.3) is 0 Å². The van der Waals surface area contributed by atoms with Crippen LogP contribution in [0.15, 0.2) is 48.5 Å². The topological polar surface area (TPSA) is 508 Å². The average Bonchev–Trinajstić information content (AvgIpc) is 0.986. The summed E-state index contributed by atoms with van der Waals surface area (Å²) in [5.41, 5.74) is 6.17. The highest BCUT2D eigenvalue weighted by Crippen LogP contribution is 2.33. The number of carboxylic acids is 1.